The summed E-state index contributed by atoms with van der Waals surface area (Å²) in [5.41, 5.74) is 0. The quantitative estimate of drug-likeness (QED) is 0.655. The van der Waals surface area contributed by atoms with Crippen molar-refractivity contribution in [1.82, 2.24) is 19.6 Å². The van der Waals surface area contributed by atoms with Crippen molar-refractivity contribution in [3.8, 4) is 0 Å². The molecule has 0 aromatic heterocycles. The van der Waals surface area contributed by atoms with Crippen molar-refractivity contribution in [2.45, 2.75) is 18.5 Å². The predicted octanol–water partition coefficient (Wildman–Crippen LogP) is -0.115. The van der Waals surface area contributed by atoms with Gasteiger partial charge in [0.15, 0.2) is 0 Å². The molecule has 0 amide bonds. The second-order valence-corrected chi connectivity index (χ2v) is 6.51. The average Bonchev–Trinajstić information content (AvgIpc) is 2.44. The number of methoxy groups -OCH3 is 1. The maximum Gasteiger partial charge on any atom is 0.0474 e. The molecular formula is C15H32N4O. The largest absolute Gasteiger partial charge is 0.385 e. The zero-order valence-corrected chi connectivity index (χ0v) is 13.7. The van der Waals surface area contributed by atoms with Gasteiger partial charge in [-0.15, -0.1) is 0 Å². The third kappa shape index (κ3) is 4.15. The number of hydrogen-bond donors (Lipinski definition) is 0. The molecule has 0 aromatic rings. The second kappa shape index (κ2) is 7.71. The molecule has 5 nitrogen and oxygen atoms in total. The van der Waals surface area contributed by atoms with E-state index < -0.39 is 0 Å². The fourth-order valence-electron chi connectivity index (χ4n) is 3.47. The van der Waals surface area contributed by atoms with Crippen LogP contribution in [0.2, 0.25) is 0 Å². The molecule has 0 N–H and O–H groups in total. The lowest BCUT2D eigenvalue weighted by molar-refractivity contribution is 0.00329. The van der Waals surface area contributed by atoms with Crippen LogP contribution in [0.15, 0.2) is 0 Å². The van der Waals surface area contributed by atoms with E-state index in [9.17, 15) is 0 Å². The van der Waals surface area contributed by atoms with Gasteiger partial charge in [0.2, 0.25) is 0 Å². The molecule has 2 rings (SSSR count). The summed E-state index contributed by atoms with van der Waals surface area (Å²) in [6.07, 6.45) is 1.15. The highest BCUT2D eigenvalue weighted by Crippen LogP contribution is 2.18. The zero-order valence-electron chi connectivity index (χ0n) is 13.7. The van der Waals surface area contributed by atoms with Crippen molar-refractivity contribution in [2.24, 2.45) is 0 Å². The van der Waals surface area contributed by atoms with Gasteiger partial charge in [-0.05, 0) is 27.6 Å². The smallest absolute Gasteiger partial charge is 0.0474 e. The molecule has 0 aromatic carbocycles. The van der Waals surface area contributed by atoms with Crippen molar-refractivity contribution in [1.29, 1.82) is 0 Å². The number of ether oxygens (including phenoxy) is 1. The molecule has 2 saturated heterocycles. The number of likely N-dealkylation sites (N-methyl/N-ethyl adjacent to an activating group) is 3. The van der Waals surface area contributed by atoms with Crippen LogP contribution in [-0.4, -0.2) is 112 Å². The van der Waals surface area contributed by atoms with E-state index in [-0.39, 0.29) is 0 Å². The van der Waals surface area contributed by atoms with Gasteiger partial charge in [-0.1, -0.05) is 0 Å². The molecule has 2 heterocycles. The van der Waals surface area contributed by atoms with Crippen molar-refractivity contribution in [3.05, 3.63) is 0 Å². The van der Waals surface area contributed by atoms with Crippen LogP contribution in [0, 0.1) is 0 Å². The third-order valence-corrected chi connectivity index (χ3v) is 4.95. The van der Waals surface area contributed by atoms with Crippen molar-refractivity contribution in [2.75, 3.05) is 80.7 Å². The van der Waals surface area contributed by atoms with Crippen LogP contribution in [-0.2, 0) is 4.74 Å². The first-order chi connectivity index (χ1) is 9.61. The summed E-state index contributed by atoms with van der Waals surface area (Å²) in [7, 11) is 8.62. The summed E-state index contributed by atoms with van der Waals surface area (Å²) >= 11 is 0. The van der Waals surface area contributed by atoms with Crippen molar-refractivity contribution < 1.29 is 4.74 Å². The van der Waals surface area contributed by atoms with E-state index in [0.717, 1.165) is 13.0 Å². The van der Waals surface area contributed by atoms with Gasteiger partial charge in [-0.2, -0.15) is 0 Å². The number of piperazine rings is 2. The van der Waals surface area contributed by atoms with E-state index in [1.54, 1.807) is 7.11 Å². The lowest BCUT2D eigenvalue weighted by atomic mass is 10.00. The molecule has 118 valence electrons. The fraction of sp³-hybridized carbons (Fsp3) is 1.00. The lowest BCUT2D eigenvalue weighted by Gasteiger charge is -2.49. The van der Waals surface area contributed by atoms with Crippen molar-refractivity contribution >= 4 is 0 Å². The van der Waals surface area contributed by atoms with Crippen LogP contribution in [0.25, 0.3) is 0 Å². The molecule has 0 radical (unpaired) electrons. The molecule has 0 aliphatic carbocycles. The minimum atomic E-state index is 0.652. The molecule has 2 aliphatic heterocycles. The Morgan fingerprint density at radius 3 is 2.25 bits per heavy atom. The lowest BCUT2D eigenvalue weighted by Crippen LogP contribution is -2.64. The first-order valence-electron chi connectivity index (χ1n) is 7.92. The van der Waals surface area contributed by atoms with Crippen LogP contribution in [0.3, 0.4) is 0 Å². The summed E-state index contributed by atoms with van der Waals surface area (Å²) in [6, 6.07) is 1.31. The predicted molar refractivity (Wildman–Crippen MR) is 83.3 cm³/mol. The summed E-state index contributed by atoms with van der Waals surface area (Å²) in [5.74, 6) is 0. The molecule has 20 heavy (non-hydrogen) atoms. The van der Waals surface area contributed by atoms with Crippen molar-refractivity contribution in [3.63, 3.8) is 0 Å². The van der Waals surface area contributed by atoms with Crippen LogP contribution in [0.4, 0.5) is 0 Å². The number of hydrogen-bond acceptors (Lipinski definition) is 5. The van der Waals surface area contributed by atoms with E-state index in [4.69, 9.17) is 4.74 Å². The van der Waals surface area contributed by atoms with Crippen LogP contribution >= 0.6 is 0 Å². The number of nitrogens with zero attached hydrogens (tertiary/aromatic N) is 4. The summed E-state index contributed by atoms with van der Waals surface area (Å²) in [4.78, 5) is 10.2. The summed E-state index contributed by atoms with van der Waals surface area (Å²) < 4.78 is 5.18. The number of rotatable bonds is 5. The highest BCUT2D eigenvalue weighted by Gasteiger charge is 2.35. The standard InChI is InChI=1S/C15H32N4O/c1-16-7-8-17(2)14(12-16)15-13-19(6-5-11-20-4)10-9-18(15)3/h14-15H,5-13H2,1-4H3. The third-order valence-electron chi connectivity index (χ3n) is 4.95. The van der Waals surface area contributed by atoms with Gasteiger partial charge in [-0.25, -0.2) is 0 Å². The van der Waals surface area contributed by atoms with Gasteiger partial charge in [0.05, 0.1) is 0 Å². The maximum absolute atomic E-state index is 5.18. The van der Waals surface area contributed by atoms with Gasteiger partial charge >= 0.3 is 0 Å². The average molecular weight is 284 g/mol. The summed E-state index contributed by atoms with van der Waals surface area (Å²) in [6.45, 7) is 9.21. The zero-order chi connectivity index (χ0) is 14.5. The molecule has 2 fully saturated rings. The Labute approximate surface area is 124 Å². The normalized spacial score (nSPS) is 31.8. The minimum absolute atomic E-state index is 0.652. The Morgan fingerprint density at radius 1 is 0.900 bits per heavy atom. The van der Waals surface area contributed by atoms with Gasteiger partial charge in [-0.3, -0.25) is 9.80 Å². The summed E-state index contributed by atoms with van der Waals surface area (Å²) in [5, 5.41) is 0. The highest BCUT2D eigenvalue weighted by molar-refractivity contribution is 4.93. The van der Waals surface area contributed by atoms with Gasteiger partial charge in [0, 0.05) is 71.6 Å². The minimum Gasteiger partial charge on any atom is -0.385 e. The topological polar surface area (TPSA) is 22.2 Å². The Hall–Kier alpha value is -0.200. The van der Waals surface area contributed by atoms with E-state index in [1.165, 1.54) is 45.8 Å². The van der Waals surface area contributed by atoms with Crippen LogP contribution in [0.5, 0.6) is 0 Å². The fourth-order valence-corrected chi connectivity index (χ4v) is 3.47. The van der Waals surface area contributed by atoms with E-state index in [2.05, 4.69) is 40.7 Å². The Kier molecular flexibility index (Phi) is 6.23. The molecule has 2 atom stereocenters. The maximum atomic E-state index is 5.18. The Morgan fingerprint density at radius 2 is 1.55 bits per heavy atom. The molecule has 0 saturated carbocycles. The van der Waals surface area contributed by atoms with Crippen LogP contribution < -0.4 is 0 Å². The SMILES string of the molecule is COCCCN1CCN(C)C(C2CN(C)CCN2C)C1. The van der Waals surface area contributed by atoms with E-state index in [1.807, 2.05) is 0 Å². The first-order valence-corrected chi connectivity index (χ1v) is 7.92. The monoisotopic (exact) mass is 284 g/mol. The van der Waals surface area contributed by atoms with Crippen LogP contribution in [0.1, 0.15) is 6.42 Å². The van der Waals surface area contributed by atoms with Gasteiger partial charge in [0.1, 0.15) is 0 Å². The van der Waals surface area contributed by atoms with E-state index >= 15 is 0 Å². The molecule has 0 spiro atoms. The molecule has 5 heteroatoms. The Bertz CT molecular complexity index is 289. The van der Waals surface area contributed by atoms with E-state index in [0.29, 0.717) is 12.1 Å². The Balaban J connectivity index is 1.90. The highest BCUT2D eigenvalue weighted by atomic mass is 16.5. The molecular weight excluding hydrogens is 252 g/mol. The van der Waals surface area contributed by atoms with Gasteiger partial charge in [0.25, 0.3) is 0 Å². The molecule has 2 unspecified atom stereocenters. The van der Waals surface area contributed by atoms with Gasteiger partial charge < -0.3 is 14.5 Å². The second-order valence-electron chi connectivity index (χ2n) is 6.51. The molecule has 0 bridgehead atoms. The molecule has 2 aliphatic rings. The first kappa shape index (κ1) is 16.2.